The fraction of sp³-hybridized carbons (Fsp3) is 0.500. The maximum Gasteiger partial charge on any atom is 0.414 e. The number of H-pyrrole nitrogens is 1. The third-order valence-electron chi connectivity index (χ3n) is 5.12. The zero-order valence-corrected chi connectivity index (χ0v) is 16.6. The summed E-state index contributed by atoms with van der Waals surface area (Å²) < 4.78 is 42.6. The van der Waals surface area contributed by atoms with Crippen molar-refractivity contribution in [2.75, 3.05) is 0 Å². The van der Waals surface area contributed by atoms with Crippen LogP contribution in [0.5, 0.6) is 0 Å². The van der Waals surface area contributed by atoms with E-state index < -0.39 is 29.7 Å². The maximum atomic E-state index is 14.2. The zero-order chi connectivity index (χ0) is 22.1. The van der Waals surface area contributed by atoms with Crippen LogP contribution in [0.4, 0.5) is 13.2 Å². The molecule has 160 valence electrons. The van der Waals surface area contributed by atoms with E-state index in [1.165, 1.54) is 24.5 Å². The number of aromatic amines is 1. The van der Waals surface area contributed by atoms with Gasteiger partial charge in [0.2, 0.25) is 5.91 Å². The number of carbonyl (C=O) groups excluding carboxylic acids is 1. The Morgan fingerprint density at radius 1 is 1.37 bits per heavy atom. The summed E-state index contributed by atoms with van der Waals surface area (Å²) in [5.74, 6) is -0.872. The van der Waals surface area contributed by atoms with Crippen LogP contribution < -0.4 is 5.73 Å². The lowest BCUT2D eigenvalue weighted by Crippen LogP contribution is -2.55. The van der Waals surface area contributed by atoms with Gasteiger partial charge in [0.15, 0.2) is 6.04 Å². The number of hydrogen-bond donors (Lipinski definition) is 2. The minimum atomic E-state index is -4.83. The Morgan fingerprint density at radius 2 is 2.07 bits per heavy atom. The van der Waals surface area contributed by atoms with E-state index in [0.717, 1.165) is 0 Å². The highest BCUT2D eigenvalue weighted by Crippen LogP contribution is 2.50. The van der Waals surface area contributed by atoms with Crippen LogP contribution in [-0.2, 0) is 4.79 Å². The molecule has 1 aliphatic rings. The van der Waals surface area contributed by atoms with Gasteiger partial charge in [-0.3, -0.25) is 14.9 Å². The summed E-state index contributed by atoms with van der Waals surface area (Å²) in [6, 6.07) is 2.76. The molecule has 0 saturated heterocycles. The number of nitrogens with zero attached hydrogens (tertiary/aromatic N) is 4. The molecule has 0 spiro atoms. The Bertz CT molecular complexity index is 914. The molecule has 2 aromatic heterocycles. The molecule has 2 aromatic rings. The maximum absolute atomic E-state index is 14.2. The summed E-state index contributed by atoms with van der Waals surface area (Å²) in [6.45, 7) is 3.65. The molecule has 1 amide bonds. The van der Waals surface area contributed by atoms with Crippen molar-refractivity contribution in [2.24, 2.45) is 11.7 Å². The van der Waals surface area contributed by atoms with Gasteiger partial charge in [-0.05, 0) is 43.4 Å². The molecule has 10 heteroatoms. The molecule has 1 fully saturated rings. The van der Waals surface area contributed by atoms with E-state index in [1.54, 1.807) is 6.07 Å². The number of nitrogens with two attached hydrogens (primary N) is 1. The molecule has 0 bridgehead atoms. The number of hydrogen-bond acceptors (Lipinski definition) is 5. The minimum absolute atomic E-state index is 0.0131. The van der Waals surface area contributed by atoms with Gasteiger partial charge in [-0.1, -0.05) is 13.8 Å². The molecule has 2 atom stereocenters. The Balaban J connectivity index is 2.03. The third kappa shape index (κ3) is 4.31. The second-order valence-electron chi connectivity index (χ2n) is 7.97. The van der Waals surface area contributed by atoms with Crippen LogP contribution in [0, 0.1) is 17.2 Å². The van der Waals surface area contributed by atoms with Crippen molar-refractivity contribution in [1.82, 2.24) is 20.1 Å². The largest absolute Gasteiger partial charge is 0.414 e. The first-order chi connectivity index (χ1) is 14.1. The number of carbonyl (C=O) groups is 1. The molecule has 2 heterocycles. The number of amides is 1. The SMILES string of the molecule is CC(C)C[C@H](N)C(=O)N([C@@H](c1ccc(-c2ccn[nH]2)cn1)C(F)(F)F)C1(C#N)CC1. The molecule has 3 rings (SSSR count). The molecule has 7 nitrogen and oxygen atoms in total. The zero-order valence-electron chi connectivity index (χ0n) is 16.6. The van der Waals surface area contributed by atoms with Gasteiger partial charge in [-0.25, -0.2) is 0 Å². The lowest BCUT2D eigenvalue weighted by Gasteiger charge is -2.37. The number of pyridine rings is 1. The number of aromatic nitrogens is 3. The number of nitrogens with one attached hydrogen (secondary N) is 1. The van der Waals surface area contributed by atoms with Crippen molar-refractivity contribution in [3.05, 3.63) is 36.3 Å². The summed E-state index contributed by atoms with van der Waals surface area (Å²) in [5.41, 5.74) is 5.21. The molecule has 0 unspecified atom stereocenters. The molecule has 30 heavy (non-hydrogen) atoms. The number of alkyl halides is 3. The Hall–Kier alpha value is -2.93. The molecule has 0 aromatic carbocycles. The third-order valence-corrected chi connectivity index (χ3v) is 5.12. The van der Waals surface area contributed by atoms with Crippen LogP contribution in [0.1, 0.15) is 44.8 Å². The Labute approximate surface area is 172 Å². The van der Waals surface area contributed by atoms with E-state index in [1.807, 2.05) is 19.9 Å². The standard InChI is InChI=1S/C20H23F3N6O/c1-12(2)9-14(25)18(30)29(19(11-24)6-7-19)17(20(21,22)23)16-4-3-13(10-26-16)15-5-8-27-28-15/h3-5,8,10,12,14,17H,6-7,9,25H2,1-2H3,(H,27,28)/t14-,17-/m0/s1. The van der Waals surface area contributed by atoms with E-state index >= 15 is 0 Å². The lowest BCUT2D eigenvalue weighted by molar-refractivity contribution is -0.198. The predicted molar refractivity (Wildman–Crippen MR) is 102 cm³/mol. The number of rotatable bonds is 7. The van der Waals surface area contributed by atoms with E-state index in [2.05, 4.69) is 15.2 Å². The second kappa shape index (κ2) is 8.07. The van der Waals surface area contributed by atoms with Crippen LogP contribution in [0.2, 0.25) is 0 Å². The normalized spacial score (nSPS) is 17.3. The predicted octanol–water partition coefficient (Wildman–Crippen LogP) is 3.33. The summed E-state index contributed by atoms with van der Waals surface area (Å²) in [6.07, 6.45) is -1.48. The van der Waals surface area contributed by atoms with Gasteiger partial charge in [-0.2, -0.15) is 23.5 Å². The summed E-state index contributed by atoms with van der Waals surface area (Å²) >= 11 is 0. The second-order valence-corrected chi connectivity index (χ2v) is 7.97. The van der Waals surface area contributed by atoms with E-state index in [9.17, 15) is 23.2 Å². The highest BCUT2D eigenvalue weighted by atomic mass is 19.4. The van der Waals surface area contributed by atoms with Gasteiger partial charge < -0.3 is 10.6 Å². The highest BCUT2D eigenvalue weighted by molar-refractivity contribution is 5.84. The topological polar surface area (TPSA) is 112 Å². The Morgan fingerprint density at radius 3 is 2.50 bits per heavy atom. The van der Waals surface area contributed by atoms with Crippen molar-refractivity contribution < 1.29 is 18.0 Å². The van der Waals surface area contributed by atoms with Crippen LogP contribution >= 0.6 is 0 Å². The van der Waals surface area contributed by atoms with E-state index in [-0.39, 0.29) is 30.9 Å². The molecule has 0 radical (unpaired) electrons. The van der Waals surface area contributed by atoms with Crippen molar-refractivity contribution in [3.63, 3.8) is 0 Å². The summed E-state index contributed by atoms with van der Waals surface area (Å²) in [5, 5.41) is 16.1. The monoisotopic (exact) mass is 420 g/mol. The summed E-state index contributed by atoms with van der Waals surface area (Å²) in [7, 11) is 0. The van der Waals surface area contributed by atoms with Crippen LogP contribution in [0.25, 0.3) is 11.3 Å². The van der Waals surface area contributed by atoms with Crippen molar-refractivity contribution in [2.45, 2.75) is 56.9 Å². The minimum Gasteiger partial charge on any atom is -0.320 e. The molecule has 0 aliphatic heterocycles. The molecular weight excluding hydrogens is 397 g/mol. The van der Waals surface area contributed by atoms with Crippen LogP contribution in [-0.4, -0.2) is 43.7 Å². The van der Waals surface area contributed by atoms with Gasteiger partial charge in [0.25, 0.3) is 0 Å². The molecule has 3 N–H and O–H groups in total. The fourth-order valence-corrected chi connectivity index (χ4v) is 3.49. The summed E-state index contributed by atoms with van der Waals surface area (Å²) in [4.78, 5) is 17.7. The van der Waals surface area contributed by atoms with Gasteiger partial charge in [0.1, 0.15) is 5.54 Å². The van der Waals surface area contributed by atoms with Crippen LogP contribution in [0.3, 0.4) is 0 Å². The van der Waals surface area contributed by atoms with Gasteiger partial charge in [0.05, 0.1) is 23.5 Å². The number of halogens is 3. The Kier molecular flexibility index (Phi) is 5.85. The smallest absolute Gasteiger partial charge is 0.320 e. The lowest BCUT2D eigenvalue weighted by atomic mass is 9.99. The first-order valence-corrected chi connectivity index (χ1v) is 9.61. The van der Waals surface area contributed by atoms with Crippen molar-refractivity contribution >= 4 is 5.91 Å². The van der Waals surface area contributed by atoms with Crippen molar-refractivity contribution in [3.8, 4) is 17.3 Å². The van der Waals surface area contributed by atoms with Crippen molar-refractivity contribution in [1.29, 1.82) is 5.26 Å². The fourth-order valence-electron chi connectivity index (χ4n) is 3.49. The first kappa shape index (κ1) is 21.8. The average Bonchev–Trinajstić information content (AvgIpc) is 3.27. The molecule has 1 aliphatic carbocycles. The van der Waals surface area contributed by atoms with Crippen LogP contribution in [0.15, 0.2) is 30.6 Å². The highest BCUT2D eigenvalue weighted by Gasteiger charge is 2.60. The van der Waals surface area contributed by atoms with Gasteiger partial charge >= 0.3 is 6.18 Å². The molecule has 1 saturated carbocycles. The molecular formula is C20H23F3N6O. The number of nitriles is 1. The van der Waals surface area contributed by atoms with Gasteiger partial charge in [-0.15, -0.1) is 0 Å². The average molecular weight is 420 g/mol. The van der Waals surface area contributed by atoms with E-state index in [0.29, 0.717) is 16.2 Å². The first-order valence-electron chi connectivity index (χ1n) is 9.61. The quantitative estimate of drug-likeness (QED) is 0.714. The van der Waals surface area contributed by atoms with E-state index in [4.69, 9.17) is 5.73 Å². The van der Waals surface area contributed by atoms with Gasteiger partial charge in [0, 0.05) is 18.0 Å².